The highest BCUT2D eigenvalue weighted by molar-refractivity contribution is 6.01. The van der Waals surface area contributed by atoms with Crippen LogP contribution in [0, 0.1) is 0 Å². The van der Waals surface area contributed by atoms with E-state index in [0.717, 1.165) is 19.4 Å². The van der Waals surface area contributed by atoms with Crippen molar-refractivity contribution in [1.82, 2.24) is 5.06 Å². The number of carbonyl (C=O) groups is 3. The quantitative estimate of drug-likeness (QED) is 0.0945. The molecule has 0 aliphatic carbocycles. The van der Waals surface area contributed by atoms with E-state index in [1.807, 2.05) is 0 Å². The zero-order valence-corrected chi connectivity index (χ0v) is 30.3. The van der Waals surface area contributed by atoms with Crippen molar-refractivity contribution in [3.05, 3.63) is 120 Å². The number of unbranched alkanes of at least 4 members (excludes halogenated alkanes) is 2. The van der Waals surface area contributed by atoms with Gasteiger partial charge < -0.3 is 14.6 Å². The van der Waals surface area contributed by atoms with E-state index in [9.17, 15) is 14.4 Å². The number of allylic oxidation sites excluding steroid dienone is 5. The number of hydrogen-bond donors (Lipinski definition) is 0. The summed E-state index contributed by atoms with van der Waals surface area (Å²) < 4.78 is 0. The van der Waals surface area contributed by atoms with Crippen molar-refractivity contribution < 1.29 is 19.2 Å². The molecule has 1 fully saturated rings. The molecule has 7 nitrogen and oxygen atoms in total. The second kappa shape index (κ2) is 13.5. The summed E-state index contributed by atoms with van der Waals surface area (Å²) >= 11 is 0. The Labute approximate surface area is 300 Å². The Bertz CT molecular complexity index is 2110. The van der Waals surface area contributed by atoms with E-state index >= 15 is 0 Å². The lowest BCUT2D eigenvalue weighted by Gasteiger charge is -2.32. The number of imide groups is 1. The largest absolute Gasteiger partial charge is 0.364 e. The van der Waals surface area contributed by atoms with Crippen molar-refractivity contribution in [2.24, 2.45) is 0 Å². The van der Waals surface area contributed by atoms with Crippen LogP contribution in [-0.2, 0) is 30.1 Å². The Morgan fingerprint density at radius 1 is 0.765 bits per heavy atom. The maximum Gasteiger partial charge on any atom is 0.333 e. The SMILES string of the molecule is CN1/C(=C/C=C/C=C/C2N(CCCCCC(=O)ON3C(=O)CCC3=O)c3ccc4ccccc4c3C2(C)C)C(C)(C)c2c1ccc1ccccc21. The van der Waals surface area contributed by atoms with Gasteiger partial charge in [-0.15, -0.1) is 5.06 Å². The lowest BCUT2D eigenvalue weighted by atomic mass is 9.78. The fraction of sp³-hybridized carbons (Fsp3) is 0.341. The minimum atomic E-state index is -0.537. The summed E-state index contributed by atoms with van der Waals surface area (Å²) in [4.78, 5) is 45.9. The highest BCUT2D eigenvalue weighted by Crippen LogP contribution is 2.51. The number of hydroxylamine groups is 2. The van der Waals surface area contributed by atoms with Crippen LogP contribution in [0.25, 0.3) is 21.5 Å². The van der Waals surface area contributed by atoms with Gasteiger partial charge in [-0.05, 0) is 63.7 Å². The van der Waals surface area contributed by atoms with Crippen LogP contribution >= 0.6 is 0 Å². The summed E-state index contributed by atoms with van der Waals surface area (Å²) in [5.41, 5.74) is 6.24. The molecular weight excluding hydrogens is 635 g/mol. The van der Waals surface area contributed by atoms with Gasteiger partial charge in [0.15, 0.2) is 0 Å². The molecule has 7 heteroatoms. The number of carbonyl (C=O) groups excluding carboxylic acids is 3. The summed E-state index contributed by atoms with van der Waals surface area (Å²) in [5, 5.41) is 5.74. The van der Waals surface area contributed by atoms with Crippen molar-refractivity contribution in [2.75, 3.05) is 23.4 Å². The number of fused-ring (bicyclic) bond motifs is 6. The first kappa shape index (κ1) is 34.3. The number of amides is 2. The van der Waals surface area contributed by atoms with Crippen LogP contribution in [0.15, 0.2) is 109 Å². The van der Waals surface area contributed by atoms with Crippen molar-refractivity contribution in [3.63, 3.8) is 0 Å². The van der Waals surface area contributed by atoms with Gasteiger partial charge in [0.1, 0.15) is 0 Å². The molecular formula is C44H47N3O4. The molecule has 4 aromatic rings. The molecule has 0 N–H and O–H groups in total. The fourth-order valence-corrected chi connectivity index (χ4v) is 8.58. The minimum absolute atomic E-state index is 0.0974. The van der Waals surface area contributed by atoms with Crippen LogP contribution in [0.3, 0.4) is 0 Å². The van der Waals surface area contributed by atoms with E-state index in [0.29, 0.717) is 11.5 Å². The molecule has 0 spiro atoms. The van der Waals surface area contributed by atoms with Gasteiger partial charge in [-0.2, -0.15) is 0 Å². The Morgan fingerprint density at radius 2 is 1.39 bits per heavy atom. The first-order chi connectivity index (χ1) is 24.5. The lowest BCUT2D eigenvalue weighted by Crippen LogP contribution is -2.40. The molecule has 7 rings (SSSR count). The van der Waals surface area contributed by atoms with E-state index in [1.54, 1.807) is 0 Å². The van der Waals surface area contributed by atoms with Gasteiger partial charge >= 0.3 is 5.97 Å². The van der Waals surface area contributed by atoms with E-state index in [2.05, 4.69) is 148 Å². The lowest BCUT2D eigenvalue weighted by molar-refractivity contribution is -0.197. The average Bonchev–Trinajstić information content (AvgIpc) is 3.62. The van der Waals surface area contributed by atoms with E-state index in [1.165, 1.54) is 49.7 Å². The molecule has 0 bridgehead atoms. The van der Waals surface area contributed by atoms with Crippen molar-refractivity contribution in [2.45, 2.75) is 83.1 Å². The van der Waals surface area contributed by atoms with Crippen LogP contribution in [0.1, 0.15) is 77.3 Å². The third-order valence-corrected chi connectivity index (χ3v) is 11.1. The summed E-state index contributed by atoms with van der Waals surface area (Å²) in [6.45, 7) is 10.1. The molecule has 262 valence electrons. The first-order valence-electron chi connectivity index (χ1n) is 18.2. The van der Waals surface area contributed by atoms with Crippen LogP contribution in [0.2, 0.25) is 0 Å². The molecule has 3 aliphatic heterocycles. The normalized spacial score (nSPS) is 20.1. The Balaban J connectivity index is 1.07. The minimum Gasteiger partial charge on any atom is -0.364 e. The second-order valence-electron chi connectivity index (χ2n) is 15.1. The number of hydrogen-bond acceptors (Lipinski definition) is 6. The number of likely N-dealkylation sites (N-methyl/N-ethyl adjacent to an activating group) is 1. The van der Waals surface area contributed by atoms with Crippen molar-refractivity contribution in [3.8, 4) is 0 Å². The van der Waals surface area contributed by atoms with Gasteiger partial charge in [0, 0.05) is 60.8 Å². The predicted molar refractivity (Wildman–Crippen MR) is 205 cm³/mol. The number of anilines is 2. The molecule has 2 amide bonds. The zero-order chi connectivity index (χ0) is 35.9. The zero-order valence-electron chi connectivity index (χ0n) is 30.3. The second-order valence-corrected chi connectivity index (χ2v) is 15.1. The molecule has 0 radical (unpaired) electrons. The monoisotopic (exact) mass is 681 g/mol. The molecule has 0 aromatic heterocycles. The van der Waals surface area contributed by atoms with Crippen molar-refractivity contribution >= 4 is 50.7 Å². The molecule has 1 atom stereocenters. The predicted octanol–water partition coefficient (Wildman–Crippen LogP) is 9.05. The topological polar surface area (TPSA) is 70.2 Å². The van der Waals surface area contributed by atoms with Gasteiger partial charge in [0.25, 0.3) is 11.8 Å². The van der Waals surface area contributed by atoms with Crippen LogP contribution in [0.4, 0.5) is 11.4 Å². The highest BCUT2D eigenvalue weighted by Gasteiger charge is 2.44. The first-order valence-corrected chi connectivity index (χ1v) is 18.2. The third kappa shape index (κ3) is 6.13. The average molecular weight is 682 g/mol. The highest BCUT2D eigenvalue weighted by atomic mass is 16.7. The number of nitrogens with zero attached hydrogens (tertiary/aromatic N) is 3. The molecule has 1 unspecified atom stereocenters. The van der Waals surface area contributed by atoms with Gasteiger partial charge in [-0.1, -0.05) is 119 Å². The van der Waals surface area contributed by atoms with Gasteiger partial charge in [0.2, 0.25) is 0 Å². The van der Waals surface area contributed by atoms with Crippen molar-refractivity contribution in [1.29, 1.82) is 0 Å². The molecule has 51 heavy (non-hydrogen) atoms. The van der Waals surface area contributed by atoms with Gasteiger partial charge in [-0.25, -0.2) is 4.79 Å². The molecule has 1 saturated heterocycles. The van der Waals surface area contributed by atoms with Crippen LogP contribution in [-0.4, -0.2) is 42.5 Å². The van der Waals surface area contributed by atoms with Gasteiger partial charge in [-0.3, -0.25) is 9.59 Å². The Hall–Kier alpha value is -5.17. The Morgan fingerprint density at radius 3 is 2.08 bits per heavy atom. The summed E-state index contributed by atoms with van der Waals surface area (Å²) in [5.74, 6) is -1.43. The van der Waals surface area contributed by atoms with Crippen LogP contribution in [0.5, 0.6) is 0 Å². The molecule has 3 heterocycles. The maximum absolute atomic E-state index is 12.4. The standard InChI is InChI=1S/C44H47N3O4/c1-43(2)36(45(5)34-25-23-30-16-11-13-18-32(30)41(34)43)20-8-6-9-21-37-44(3,4)42-33-19-14-12-17-31(33)24-26-35(42)46(37)29-15-7-10-22-40(50)51-47-38(48)27-28-39(47)49/h6,8-9,11-14,16-21,23-26,37H,7,10,15,22,27-29H2,1-5H3/b8-6+,21-9+,36-20+. The van der Waals surface area contributed by atoms with E-state index in [-0.39, 0.29) is 36.1 Å². The summed E-state index contributed by atoms with van der Waals surface area (Å²) in [6.07, 6.45) is 13.8. The van der Waals surface area contributed by atoms with E-state index < -0.39 is 17.8 Å². The number of rotatable bonds is 10. The fourth-order valence-electron chi connectivity index (χ4n) is 8.58. The molecule has 3 aliphatic rings. The van der Waals surface area contributed by atoms with Crippen LogP contribution < -0.4 is 9.80 Å². The smallest absolute Gasteiger partial charge is 0.333 e. The summed E-state index contributed by atoms with van der Waals surface area (Å²) in [7, 11) is 2.16. The maximum atomic E-state index is 12.4. The Kier molecular flexibility index (Phi) is 9.09. The molecule has 0 saturated carbocycles. The third-order valence-electron chi connectivity index (χ3n) is 11.1. The van der Waals surface area contributed by atoms with E-state index in [4.69, 9.17) is 4.84 Å². The number of benzene rings is 4. The summed E-state index contributed by atoms with van der Waals surface area (Å²) in [6, 6.07) is 26.3. The van der Waals surface area contributed by atoms with Gasteiger partial charge in [0.05, 0.1) is 6.04 Å². The molecule has 4 aromatic carbocycles.